The third-order valence-corrected chi connectivity index (χ3v) is 4.94. The maximum Gasteiger partial charge on any atom is 0.329 e. The van der Waals surface area contributed by atoms with E-state index in [1.165, 1.54) is 7.11 Å². The predicted octanol–water partition coefficient (Wildman–Crippen LogP) is 3.51. The Morgan fingerprint density at radius 2 is 1.73 bits per heavy atom. The first kappa shape index (κ1) is 16.3. The van der Waals surface area contributed by atoms with Crippen LogP contribution < -0.4 is 4.90 Å². The second-order valence-corrected chi connectivity index (χ2v) is 6.45. The van der Waals surface area contributed by atoms with E-state index in [4.69, 9.17) is 4.74 Å². The van der Waals surface area contributed by atoms with Gasteiger partial charge in [-0.1, -0.05) is 60.7 Å². The van der Waals surface area contributed by atoms with Crippen molar-refractivity contribution in [3.8, 4) is 0 Å². The lowest BCUT2D eigenvalue weighted by molar-refractivity contribution is -0.143. The fourth-order valence-corrected chi connectivity index (χ4v) is 3.71. The van der Waals surface area contributed by atoms with Gasteiger partial charge in [-0.15, -0.1) is 0 Å². The molecule has 1 atom stereocenters. The molecule has 0 aliphatic carbocycles. The van der Waals surface area contributed by atoms with Gasteiger partial charge in [0.1, 0.15) is 6.04 Å². The van der Waals surface area contributed by atoms with E-state index in [-0.39, 0.29) is 18.3 Å². The normalized spacial score (nSPS) is 15.7. The highest BCUT2D eigenvalue weighted by Gasteiger charge is 2.38. The summed E-state index contributed by atoms with van der Waals surface area (Å²) in [5.41, 5.74) is 2.75. The van der Waals surface area contributed by atoms with Gasteiger partial charge < -0.3 is 4.74 Å². The lowest BCUT2D eigenvalue weighted by Gasteiger charge is -2.24. The summed E-state index contributed by atoms with van der Waals surface area (Å²) in [6.07, 6.45) is 0.729. The van der Waals surface area contributed by atoms with Gasteiger partial charge >= 0.3 is 5.97 Å². The van der Waals surface area contributed by atoms with Gasteiger partial charge in [-0.2, -0.15) is 0 Å². The zero-order valence-corrected chi connectivity index (χ0v) is 14.5. The van der Waals surface area contributed by atoms with Crippen LogP contribution in [0.1, 0.15) is 11.1 Å². The molecule has 0 saturated heterocycles. The lowest BCUT2D eigenvalue weighted by atomic mass is 10.0. The number of carbonyl (C=O) groups excluding carboxylic acids is 2. The molecular formula is C22H19NO3. The molecule has 130 valence electrons. The van der Waals surface area contributed by atoms with Crippen LogP contribution in [-0.2, 0) is 27.2 Å². The SMILES string of the molecule is COC(=O)[C@@H]1Cc2ccccc2N1C(=O)Cc1cccc2ccccc12. The van der Waals surface area contributed by atoms with Gasteiger partial charge in [0.25, 0.3) is 0 Å². The molecule has 0 saturated carbocycles. The molecule has 26 heavy (non-hydrogen) atoms. The Labute approximate surface area is 152 Å². The third kappa shape index (κ3) is 2.73. The van der Waals surface area contributed by atoms with E-state index in [1.54, 1.807) is 4.90 Å². The van der Waals surface area contributed by atoms with Gasteiger partial charge in [-0.05, 0) is 28.0 Å². The molecule has 1 heterocycles. The number of methoxy groups -OCH3 is 1. The molecule has 0 aromatic heterocycles. The first-order chi connectivity index (χ1) is 12.7. The number of hydrogen-bond acceptors (Lipinski definition) is 3. The van der Waals surface area contributed by atoms with E-state index in [9.17, 15) is 9.59 Å². The van der Waals surface area contributed by atoms with Crippen LogP contribution in [0.4, 0.5) is 5.69 Å². The Kier molecular flexibility index (Phi) is 4.17. The average molecular weight is 345 g/mol. The van der Waals surface area contributed by atoms with Crippen molar-refractivity contribution < 1.29 is 14.3 Å². The van der Waals surface area contributed by atoms with E-state index in [0.29, 0.717) is 6.42 Å². The quantitative estimate of drug-likeness (QED) is 0.683. The van der Waals surface area contributed by atoms with Crippen LogP contribution in [0.15, 0.2) is 66.7 Å². The van der Waals surface area contributed by atoms with Gasteiger partial charge in [-0.25, -0.2) is 4.79 Å². The zero-order chi connectivity index (χ0) is 18.1. The van der Waals surface area contributed by atoms with Gasteiger partial charge in [0, 0.05) is 12.1 Å². The highest BCUT2D eigenvalue weighted by atomic mass is 16.5. The second kappa shape index (κ2) is 6.64. The average Bonchev–Trinajstić information content (AvgIpc) is 3.07. The minimum absolute atomic E-state index is 0.0956. The van der Waals surface area contributed by atoms with Crippen molar-refractivity contribution in [2.45, 2.75) is 18.9 Å². The van der Waals surface area contributed by atoms with Gasteiger partial charge in [0.05, 0.1) is 13.5 Å². The van der Waals surface area contributed by atoms with E-state index >= 15 is 0 Å². The number of rotatable bonds is 3. The minimum atomic E-state index is -0.597. The molecule has 0 radical (unpaired) electrons. The van der Waals surface area contributed by atoms with Crippen molar-refractivity contribution in [1.29, 1.82) is 0 Å². The summed E-state index contributed by atoms with van der Waals surface area (Å²) in [6.45, 7) is 0. The fourth-order valence-electron chi connectivity index (χ4n) is 3.71. The molecule has 0 unspecified atom stereocenters. The highest BCUT2D eigenvalue weighted by Crippen LogP contribution is 2.33. The number of fused-ring (bicyclic) bond motifs is 2. The summed E-state index contributed by atoms with van der Waals surface area (Å²) < 4.78 is 4.93. The lowest BCUT2D eigenvalue weighted by Crippen LogP contribution is -2.44. The number of esters is 1. The number of carbonyl (C=O) groups is 2. The Morgan fingerprint density at radius 3 is 2.58 bits per heavy atom. The Balaban J connectivity index is 1.70. The van der Waals surface area contributed by atoms with Crippen LogP contribution >= 0.6 is 0 Å². The topological polar surface area (TPSA) is 46.6 Å². The van der Waals surface area contributed by atoms with Gasteiger partial charge in [0.2, 0.25) is 5.91 Å². The Morgan fingerprint density at radius 1 is 1.00 bits per heavy atom. The maximum atomic E-state index is 13.2. The first-order valence-corrected chi connectivity index (χ1v) is 8.63. The molecule has 0 N–H and O–H groups in total. The monoisotopic (exact) mass is 345 g/mol. The number of hydrogen-bond donors (Lipinski definition) is 0. The van der Waals surface area contributed by atoms with Crippen molar-refractivity contribution in [1.82, 2.24) is 0 Å². The van der Waals surface area contributed by atoms with Crippen molar-refractivity contribution in [2.75, 3.05) is 12.0 Å². The Hall–Kier alpha value is -3.14. The minimum Gasteiger partial charge on any atom is -0.467 e. The van der Waals surface area contributed by atoms with E-state index in [0.717, 1.165) is 27.6 Å². The molecule has 0 spiro atoms. The second-order valence-electron chi connectivity index (χ2n) is 6.45. The first-order valence-electron chi connectivity index (χ1n) is 8.63. The van der Waals surface area contributed by atoms with Crippen LogP contribution in [0.25, 0.3) is 10.8 Å². The van der Waals surface area contributed by atoms with Gasteiger partial charge in [-0.3, -0.25) is 9.69 Å². The molecule has 4 heteroatoms. The molecule has 0 fully saturated rings. The van der Waals surface area contributed by atoms with Crippen molar-refractivity contribution in [3.63, 3.8) is 0 Å². The number of ether oxygens (including phenoxy) is 1. The Bertz CT molecular complexity index is 990. The molecule has 1 aliphatic heterocycles. The zero-order valence-electron chi connectivity index (χ0n) is 14.5. The largest absolute Gasteiger partial charge is 0.467 e. The van der Waals surface area contributed by atoms with Crippen LogP contribution in [0, 0.1) is 0 Å². The maximum absolute atomic E-state index is 13.2. The van der Waals surface area contributed by atoms with E-state index in [2.05, 4.69) is 0 Å². The summed E-state index contributed by atoms with van der Waals surface area (Å²) in [4.78, 5) is 27.0. The predicted molar refractivity (Wildman–Crippen MR) is 101 cm³/mol. The van der Waals surface area contributed by atoms with Crippen LogP contribution in [0.3, 0.4) is 0 Å². The molecule has 1 amide bonds. The standard InChI is InChI=1S/C22H19NO3/c1-26-22(25)20-13-17-8-3-5-12-19(17)23(20)21(24)14-16-10-6-9-15-7-2-4-11-18(15)16/h2-12,20H,13-14H2,1H3/t20-/m0/s1. The van der Waals surface area contributed by atoms with Crippen LogP contribution in [-0.4, -0.2) is 25.0 Å². The van der Waals surface area contributed by atoms with Crippen molar-refractivity contribution in [2.24, 2.45) is 0 Å². The summed E-state index contributed by atoms with van der Waals surface area (Å²) in [5.74, 6) is -0.478. The molecule has 0 bridgehead atoms. The number of anilines is 1. The molecule has 1 aliphatic rings. The summed E-state index contributed by atoms with van der Waals surface area (Å²) >= 11 is 0. The summed E-state index contributed by atoms with van der Waals surface area (Å²) in [7, 11) is 1.36. The molecule has 4 rings (SSSR count). The van der Waals surface area contributed by atoms with E-state index < -0.39 is 6.04 Å². The number of amides is 1. The number of para-hydroxylation sites is 1. The van der Waals surface area contributed by atoms with Crippen LogP contribution in [0.2, 0.25) is 0 Å². The summed E-state index contributed by atoms with van der Waals surface area (Å²) in [6, 6.07) is 21.0. The number of benzene rings is 3. The van der Waals surface area contributed by atoms with E-state index in [1.807, 2.05) is 66.7 Å². The molecule has 3 aromatic carbocycles. The smallest absolute Gasteiger partial charge is 0.329 e. The summed E-state index contributed by atoms with van der Waals surface area (Å²) in [5, 5.41) is 2.16. The number of nitrogens with zero attached hydrogens (tertiary/aromatic N) is 1. The molecular weight excluding hydrogens is 326 g/mol. The van der Waals surface area contributed by atoms with Gasteiger partial charge in [0.15, 0.2) is 0 Å². The molecule has 3 aromatic rings. The molecule has 4 nitrogen and oxygen atoms in total. The van der Waals surface area contributed by atoms with Crippen LogP contribution in [0.5, 0.6) is 0 Å². The van der Waals surface area contributed by atoms with Crippen molar-refractivity contribution >= 4 is 28.3 Å². The van der Waals surface area contributed by atoms with Crippen molar-refractivity contribution in [3.05, 3.63) is 77.9 Å². The fraction of sp³-hybridized carbons (Fsp3) is 0.182. The third-order valence-electron chi connectivity index (χ3n) is 4.94. The highest BCUT2D eigenvalue weighted by molar-refractivity contribution is 6.04.